The summed E-state index contributed by atoms with van der Waals surface area (Å²) in [4.78, 5) is 3.95. The number of halogens is 4. The third-order valence-corrected chi connectivity index (χ3v) is 3.48. The molecule has 0 heterocycles. The number of rotatable bonds is 3. The Balaban J connectivity index is 2.42. The molecule has 0 fully saturated rings. The van der Waals surface area contributed by atoms with Crippen LogP contribution in [0.3, 0.4) is 0 Å². The first kappa shape index (κ1) is 15.6. The van der Waals surface area contributed by atoms with Gasteiger partial charge in [0.15, 0.2) is 0 Å². The zero-order chi connectivity index (χ0) is 15.5. The number of aliphatic imine (C=N–C) groups is 1. The molecule has 0 amide bonds. The van der Waals surface area contributed by atoms with Gasteiger partial charge in [0.2, 0.25) is 0 Å². The Bertz CT molecular complexity index is 668. The molecular formula is C15H11BrF3NO. The number of nitrogens with zero attached hydrogens (tertiary/aromatic N) is 1. The van der Waals surface area contributed by atoms with Crippen molar-refractivity contribution in [1.82, 2.24) is 0 Å². The molecule has 21 heavy (non-hydrogen) atoms. The van der Waals surface area contributed by atoms with E-state index in [0.717, 1.165) is 10.5 Å². The largest absolute Gasteiger partial charge is 0.497 e. The van der Waals surface area contributed by atoms with Crippen molar-refractivity contribution in [1.29, 1.82) is 0 Å². The highest BCUT2D eigenvalue weighted by Crippen LogP contribution is 2.38. The van der Waals surface area contributed by atoms with Crippen LogP contribution in [0.1, 0.15) is 11.1 Å². The van der Waals surface area contributed by atoms with Crippen LogP contribution in [0.2, 0.25) is 0 Å². The average Bonchev–Trinajstić information content (AvgIpc) is 2.45. The number of methoxy groups -OCH3 is 1. The average molecular weight is 358 g/mol. The van der Waals surface area contributed by atoms with Gasteiger partial charge < -0.3 is 4.74 Å². The Morgan fingerprint density at radius 1 is 1.14 bits per heavy atom. The van der Waals surface area contributed by atoms with Crippen LogP contribution in [-0.2, 0) is 6.18 Å². The molecule has 0 atom stereocenters. The molecule has 0 aliphatic rings. The van der Waals surface area contributed by atoms with E-state index in [9.17, 15) is 13.2 Å². The van der Waals surface area contributed by atoms with Gasteiger partial charge in [-0.15, -0.1) is 0 Å². The van der Waals surface area contributed by atoms with Crippen LogP contribution in [0, 0.1) is 0 Å². The fourth-order valence-corrected chi connectivity index (χ4v) is 2.09. The van der Waals surface area contributed by atoms with E-state index in [1.165, 1.54) is 25.5 Å². The summed E-state index contributed by atoms with van der Waals surface area (Å²) in [6, 6.07) is 10.8. The number of ether oxygens (including phenoxy) is 1. The molecule has 0 unspecified atom stereocenters. The third-order valence-electron chi connectivity index (χ3n) is 2.76. The highest BCUT2D eigenvalue weighted by molar-refractivity contribution is 9.10. The molecule has 0 aliphatic carbocycles. The Morgan fingerprint density at radius 2 is 1.86 bits per heavy atom. The quantitative estimate of drug-likeness (QED) is 0.689. The second-order valence-electron chi connectivity index (χ2n) is 4.16. The molecule has 2 aromatic rings. The molecule has 2 rings (SSSR count). The monoisotopic (exact) mass is 357 g/mol. The van der Waals surface area contributed by atoms with Crippen LogP contribution in [-0.4, -0.2) is 13.3 Å². The Labute approximate surface area is 128 Å². The number of hydrogen-bond acceptors (Lipinski definition) is 2. The fourth-order valence-electron chi connectivity index (χ4n) is 1.70. The summed E-state index contributed by atoms with van der Waals surface area (Å²) in [5.41, 5.74) is -0.286. The second kappa shape index (κ2) is 6.30. The first-order valence-corrected chi connectivity index (χ1v) is 6.75. The molecule has 0 spiro atoms. The minimum atomic E-state index is -4.49. The summed E-state index contributed by atoms with van der Waals surface area (Å²) in [5, 5.41) is 0. The van der Waals surface area contributed by atoms with E-state index >= 15 is 0 Å². The molecule has 0 aromatic heterocycles. The molecule has 2 nitrogen and oxygen atoms in total. The van der Waals surface area contributed by atoms with Crippen molar-refractivity contribution >= 4 is 27.8 Å². The lowest BCUT2D eigenvalue weighted by Crippen LogP contribution is -2.05. The van der Waals surface area contributed by atoms with Crippen LogP contribution in [0.15, 0.2) is 51.9 Å². The molecule has 110 valence electrons. The van der Waals surface area contributed by atoms with Crippen molar-refractivity contribution in [3.63, 3.8) is 0 Å². The molecule has 2 aromatic carbocycles. The van der Waals surface area contributed by atoms with Crippen LogP contribution in [0.25, 0.3) is 0 Å². The number of alkyl halides is 3. The van der Waals surface area contributed by atoms with Crippen molar-refractivity contribution in [2.24, 2.45) is 4.99 Å². The van der Waals surface area contributed by atoms with Crippen LogP contribution in [0.4, 0.5) is 18.9 Å². The van der Waals surface area contributed by atoms with Crippen molar-refractivity contribution in [2.45, 2.75) is 6.18 Å². The van der Waals surface area contributed by atoms with Crippen LogP contribution >= 0.6 is 15.9 Å². The Kier molecular flexibility index (Phi) is 4.67. The molecule has 0 saturated carbocycles. The third kappa shape index (κ3) is 3.85. The zero-order valence-electron chi connectivity index (χ0n) is 11.0. The summed E-state index contributed by atoms with van der Waals surface area (Å²) >= 11 is 3.32. The van der Waals surface area contributed by atoms with Gasteiger partial charge in [0.1, 0.15) is 5.75 Å². The molecule has 0 bridgehead atoms. The van der Waals surface area contributed by atoms with Gasteiger partial charge in [0.25, 0.3) is 0 Å². The highest BCUT2D eigenvalue weighted by Gasteiger charge is 2.34. The van der Waals surface area contributed by atoms with Gasteiger partial charge in [-0.2, -0.15) is 13.2 Å². The smallest absolute Gasteiger partial charge is 0.418 e. The minimum absolute atomic E-state index is 0.141. The maximum absolute atomic E-state index is 13.0. The maximum atomic E-state index is 13.0. The summed E-state index contributed by atoms with van der Waals surface area (Å²) < 4.78 is 44.7. The lowest BCUT2D eigenvalue weighted by molar-refractivity contribution is -0.137. The molecular weight excluding hydrogens is 347 g/mol. The zero-order valence-corrected chi connectivity index (χ0v) is 12.6. The lowest BCUT2D eigenvalue weighted by atomic mass is 10.1. The van der Waals surface area contributed by atoms with E-state index < -0.39 is 11.7 Å². The van der Waals surface area contributed by atoms with Gasteiger partial charge in [-0.05, 0) is 24.3 Å². The molecule has 6 heteroatoms. The predicted octanol–water partition coefficient (Wildman–Crippen LogP) is 5.23. The van der Waals surface area contributed by atoms with E-state index in [0.29, 0.717) is 5.56 Å². The standard InChI is InChI=1S/C15H11BrF3NO/c1-21-11-6-7-14(12(8-11)15(17,18)19)20-9-10-4-2-3-5-13(10)16/h2-9H,1H3. The summed E-state index contributed by atoms with van der Waals surface area (Å²) in [5.74, 6) is 0.141. The van der Waals surface area contributed by atoms with Crippen molar-refractivity contribution in [3.8, 4) is 5.75 Å². The molecule has 0 radical (unpaired) electrons. The van der Waals surface area contributed by atoms with Crippen molar-refractivity contribution in [2.75, 3.05) is 7.11 Å². The SMILES string of the molecule is COc1ccc(N=Cc2ccccc2Br)c(C(F)(F)F)c1. The first-order chi connectivity index (χ1) is 9.91. The summed E-state index contributed by atoms with van der Waals surface area (Å²) in [6.07, 6.45) is -3.10. The van der Waals surface area contributed by atoms with Crippen molar-refractivity contribution in [3.05, 3.63) is 58.1 Å². The van der Waals surface area contributed by atoms with Gasteiger partial charge >= 0.3 is 6.18 Å². The van der Waals surface area contributed by atoms with Gasteiger partial charge in [0, 0.05) is 16.3 Å². The predicted molar refractivity (Wildman–Crippen MR) is 79.4 cm³/mol. The minimum Gasteiger partial charge on any atom is -0.497 e. The van der Waals surface area contributed by atoms with Crippen molar-refractivity contribution < 1.29 is 17.9 Å². The fraction of sp³-hybridized carbons (Fsp3) is 0.133. The first-order valence-electron chi connectivity index (χ1n) is 5.95. The van der Waals surface area contributed by atoms with Gasteiger partial charge in [-0.25, -0.2) is 0 Å². The van der Waals surface area contributed by atoms with E-state index in [2.05, 4.69) is 20.9 Å². The molecule has 0 N–H and O–H groups in total. The van der Waals surface area contributed by atoms with Crippen LogP contribution < -0.4 is 4.74 Å². The van der Waals surface area contributed by atoms with Gasteiger partial charge in [-0.1, -0.05) is 34.1 Å². The topological polar surface area (TPSA) is 21.6 Å². The van der Waals surface area contributed by atoms with Crippen LogP contribution in [0.5, 0.6) is 5.75 Å². The molecule has 0 saturated heterocycles. The Morgan fingerprint density at radius 3 is 2.48 bits per heavy atom. The summed E-state index contributed by atoms with van der Waals surface area (Å²) in [6.45, 7) is 0. The van der Waals surface area contributed by atoms with E-state index in [4.69, 9.17) is 4.74 Å². The van der Waals surface area contributed by atoms with E-state index in [-0.39, 0.29) is 11.4 Å². The molecule has 0 aliphatic heterocycles. The number of hydrogen-bond donors (Lipinski definition) is 0. The van der Waals surface area contributed by atoms with E-state index in [1.54, 1.807) is 18.2 Å². The van der Waals surface area contributed by atoms with E-state index in [1.807, 2.05) is 6.07 Å². The summed E-state index contributed by atoms with van der Waals surface area (Å²) in [7, 11) is 1.32. The number of benzene rings is 2. The highest BCUT2D eigenvalue weighted by atomic mass is 79.9. The van der Waals surface area contributed by atoms with Gasteiger partial charge in [0.05, 0.1) is 18.4 Å². The normalized spacial score (nSPS) is 11.9. The second-order valence-corrected chi connectivity index (χ2v) is 5.01. The maximum Gasteiger partial charge on any atom is 0.418 e. The van der Waals surface area contributed by atoms with Gasteiger partial charge in [-0.3, -0.25) is 4.99 Å². The Hall–Kier alpha value is -1.82. The lowest BCUT2D eigenvalue weighted by Gasteiger charge is -2.11.